The second-order valence-corrected chi connectivity index (χ2v) is 8.14. The highest BCUT2D eigenvalue weighted by Gasteiger charge is 2.47. The molecule has 0 unspecified atom stereocenters. The van der Waals surface area contributed by atoms with Gasteiger partial charge >= 0.3 is 23.9 Å². The highest BCUT2D eigenvalue weighted by molar-refractivity contribution is 5.85. The molecule has 0 aliphatic heterocycles. The number of hydrogen-bond donors (Lipinski definition) is 10. The van der Waals surface area contributed by atoms with E-state index in [9.17, 15) is 29.4 Å². The van der Waals surface area contributed by atoms with Crippen LogP contribution in [0.4, 0.5) is 0 Å². The Labute approximate surface area is 227 Å². The highest BCUT2D eigenvalue weighted by atomic mass is 16.4. The van der Waals surface area contributed by atoms with E-state index in [1.54, 1.807) is 6.92 Å². The SMILES string of the molecule is C=C(C)C(=O)O.C=C(C)C(=O)O.C=C(C)C(=O)O.C=C(C)C(=O)O.CCC(C(O)(CO)CO)C(O)(CO)CO. The van der Waals surface area contributed by atoms with Crippen molar-refractivity contribution in [3.05, 3.63) is 48.6 Å². The zero-order valence-electron chi connectivity index (χ0n) is 23.0. The van der Waals surface area contributed by atoms with Gasteiger partial charge in [0.2, 0.25) is 0 Å². The van der Waals surface area contributed by atoms with Gasteiger partial charge in [-0.2, -0.15) is 0 Å². The van der Waals surface area contributed by atoms with E-state index in [4.69, 9.17) is 40.9 Å². The van der Waals surface area contributed by atoms with Gasteiger partial charge in [0.05, 0.1) is 26.4 Å². The van der Waals surface area contributed by atoms with E-state index in [0.29, 0.717) is 0 Å². The van der Waals surface area contributed by atoms with E-state index in [1.165, 1.54) is 27.7 Å². The minimum absolute atomic E-state index is 0.176. The van der Waals surface area contributed by atoms with E-state index in [1.807, 2.05) is 0 Å². The number of rotatable bonds is 11. The fraction of sp³-hybridized carbons (Fsp3) is 0.520. The van der Waals surface area contributed by atoms with Crippen molar-refractivity contribution in [2.45, 2.75) is 52.2 Å². The average Bonchev–Trinajstić information content (AvgIpc) is 2.85. The lowest BCUT2D eigenvalue weighted by Crippen LogP contribution is -2.59. The quantitative estimate of drug-likeness (QED) is 0.147. The first-order chi connectivity index (χ1) is 17.5. The van der Waals surface area contributed by atoms with E-state index in [-0.39, 0.29) is 28.7 Å². The number of hydrogen-bond acceptors (Lipinski definition) is 10. The molecular formula is C25H44O14. The largest absolute Gasteiger partial charge is 0.478 e. The van der Waals surface area contributed by atoms with Gasteiger partial charge < -0.3 is 51.1 Å². The molecule has 0 rings (SSSR count). The van der Waals surface area contributed by atoms with Crippen LogP contribution in [0.2, 0.25) is 0 Å². The number of carboxylic acid groups (broad SMARTS) is 4. The van der Waals surface area contributed by atoms with Gasteiger partial charge in [0.1, 0.15) is 11.2 Å². The summed E-state index contributed by atoms with van der Waals surface area (Å²) in [7, 11) is 0. The summed E-state index contributed by atoms with van der Waals surface area (Å²) < 4.78 is 0. The lowest BCUT2D eigenvalue weighted by molar-refractivity contribution is -0.189. The van der Waals surface area contributed by atoms with Crippen LogP contribution < -0.4 is 0 Å². The summed E-state index contributed by atoms with van der Waals surface area (Å²) in [5.74, 6) is -4.76. The molecule has 228 valence electrons. The van der Waals surface area contributed by atoms with Crippen LogP contribution in [-0.2, 0) is 19.2 Å². The third kappa shape index (κ3) is 24.7. The molecule has 0 radical (unpaired) electrons. The Bertz CT molecular complexity index is 659. The van der Waals surface area contributed by atoms with Gasteiger partial charge in [-0.1, -0.05) is 33.2 Å². The van der Waals surface area contributed by atoms with E-state index in [0.717, 1.165) is 0 Å². The number of aliphatic hydroxyl groups is 6. The van der Waals surface area contributed by atoms with Crippen LogP contribution in [0.25, 0.3) is 0 Å². The van der Waals surface area contributed by atoms with Crippen molar-refractivity contribution in [2.24, 2.45) is 5.92 Å². The smallest absolute Gasteiger partial charge is 0.330 e. The third-order valence-corrected chi connectivity index (χ3v) is 4.26. The predicted octanol–water partition coefficient (Wildman–Crippen LogP) is 0.0324. The summed E-state index contributed by atoms with van der Waals surface area (Å²) in [6.45, 7) is 17.0. The maximum atomic E-state index is 9.80. The lowest BCUT2D eigenvalue weighted by atomic mass is 9.74. The monoisotopic (exact) mass is 568 g/mol. The standard InChI is InChI=1S/C9H20O6.4C4H6O2/c1-2-7(8(14,3-10)4-11)9(15,5-12)6-13;4*1-3(2)4(5)6/h7,10-15H,2-6H2,1H3;4*1H2,2H3,(H,5,6). The summed E-state index contributed by atoms with van der Waals surface area (Å²) in [4.78, 5) is 38.4. The normalized spacial score (nSPS) is 9.85. The van der Waals surface area contributed by atoms with Gasteiger partial charge in [-0.25, -0.2) is 19.2 Å². The molecule has 0 aliphatic carbocycles. The Hall–Kier alpha value is -3.40. The van der Waals surface area contributed by atoms with Crippen molar-refractivity contribution >= 4 is 23.9 Å². The van der Waals surface area contributed by atoms with Gasteiger partial charge in [-0.15, -0.1) is 0 Å². The molecule has 0 spiro atoms. The van der Waals surface area contributed by atoms with E-state index >= 15 is 0 Å². The van der Waals surface area contributed by atoms with Gasteiger partial charge in [0, 0.05) is 28.2 Å². The Morgan fingerprint density at radius 1 is 0.538 bits per heavy atom. The van der Waals surface area contributed by atoms with Crippen LogP contribution in [0.1, 0.15) is 41.0 Å². The predicted molar refractivity (Wildman–Crippen MR) is 142 cm³/mol. The molecule has 14 heteroatoms. The topological polar surface area (TPSA) is 271 Å². The molecule has 10 N–H and O–H groups in total. The molecule has 0 aromatic carbocycles. The van der Waals surface area contributed by atoms with Crippen molar-refractivity contribution in [3.63, 3.8) is 0 Å². The van der Waals surface area contributed by atoms with E-state index in [2.05, 4.69) is 26.3 Å². The highest BCUT2D eigenvalue weighted by Crippen LogP contribution is 2.31. The van der Waals surface area contributed by atoms with Gasteiger partial charge in [0.25, 0.3) is 0 Å². The molecular weight excluding hydrogens is 524 g/mol. The van der Waals surface area contributed by atoms with Crippen LogP contribution in [0.3, 0.4) is 0 Å². The molecule has 0 atom stereocenters. The first kappa shape index (κ1) is 45.5. The van der Waals surface area contributed by atoms with Gasteiger partial charge in [0.15, 0.2) is 0 Å². The first-order valence-corrected chi connectivity index (χ1v) is 10.9. The minimum atomic E-state index is -1.92. The molecule has 0 aromatic rings. The second kappa shape index (κ2) is 23.7. The Morgan fingerprint density at radius 3 is 0.718 bits per heavy atom. The van der Waals surface area contributed by atoms with Crippen LogP contribution in [0.5, 0.6) is 0 Å². The van der Waals surface area contributed by atoms with Gasteiger partial charge in [-0.3, -0.25) is 0 Å². The molecule has 39 heavy (non-hydrogen) atoms. The number of aliphatic carboxylic acids is 4. The molecule has 14 nitrogen and oxygen atoms in total. The van der Waals surface area contributed by atoms with Crippen molar-refractivity contribution in [1.29, 1.82) is 0 Å². The maximum absolute atomic E-state index is 9.80. The van der Waals surface area contributed by atoms with Crippen molar-refractivity contribution in [3.8, 4) is 0 Å². The molecule has 0 heterocycles. The number of aliphatic hydroxyl groups excluding tert-OH is 4. The summed E-state index contributed by atoms with van der Waals surface area (Å²) in [6, 6.07) is 0. The maximum Gasteiger partial charge on any atom is 0.330 e. The molecule has 0 saturated heterocycles. The molecule has 0 bridgehead atoms. The van der Waals surface area contributed by atoms with Gasteiger partial charge in [-0.05, 0) is 34.1 Å². The molecule has 0 amide bonds. The van der Waals surface area contributed by atoms with Crippen molar-refractivity contribution in [2.75, 3.05) is 26.4 Å². The zero-order valence-corrected chi connectivity index (χ0v) is 23.0. The fourth-order valence-corrected chi connectivity index (χ4v) is 1.80. The summed E-state index contributed by atoms with van der Waals surface area (Å²) in [6.07, 6.45) is 0.190. The molecule has 0 saturated carbocycles. The second-order valence-electron chi connectivity index (χ2n) is 8.14. The van der Waals surface area contributed by atoms with Crippen molar-refractivity contribution in [1.82, 2.24) is 0 Å². The first-order valence-electron chi connectivity index (χ1n) is 10.9. The number of carbonyl (C=O) groups is 4. The Balaban J connectivity index is -0.000000135. The number of carboxylic acids is 4. The van der Waals surface area contributed by atoms with Crippen LogP contribution in [0, 0.1) is 5.92 Å². The Morgan fingerprint density at radius 2 is 0.667 bits per heavy atom. The average molecular weight is 569 g/mol. The summed E-state index contributed by atoms with van der Waals surface area (Å²) >= 11 is 0. The molecule has 0 aromatic heterocycles. The Kier molecular flexibility index (Phi) is 27.7. The van der Waals surface area contributed by atoms with Crippen molar-refractivity contribution < 1.29 is 70.2 Å². The van der Waals surface area contributed by atoms with Crippen LogP contribution in [-0.4, -0.2) is 113 Å². The summed E-state index contributed by atoms with van der Waals surface area (Å²) in [5.41, 5.74) is -3.14. The third-order valence-electron chi connectivity index (χ3n) is 4.26. The molecule has 0 aliphatic rings. The van der Waals surface area contributed by atoms with Crippen LogP contribution in [0.15, 0.2) is 48.6 Å². The molecule has 0 fully saturated rings. The summed E-state index contributed by atoms with van der Waals surface area (Å²) in [5, 5.41) is 87.0. The fourth-order valence-electron chi connectivity index (χ4n) is 1.80. The minimum Gasteiger partial charge on any atom is -0.478 e. The lowest BCUT2D eigenvalue weighted by Gasteiger charge is -2.41. The van der Waals surface area contributed by atoms with E-state index < -0.39 is 67.4 Å². The zero-order chi connectivity index (χ0) is 32.7. The van der Waals surface area contributed by atoms with Crippen LogP contribution >= 0.6 is 0 Å².